The molecule has 27 heavy (non-hydrogen) atoms. The van der Waals surface area contributed by atoms with E-state index >= 15 is 0 Å². The molecule has 0 saturated carbocycles. The maximum Gasteiger partial charge on any atom is 0.236 e. The van der Waals surface area contributed by atoms with Gasteiger partial charge in [0.2, 0.25) is 17.7 Å². The SMILES string of the molecule is Cl.O=C(CSCC(=O)N1CCCC(N2CCNCC2=O)C1)N1CCOCC1. The molecule has 3 amide bonds. The zero-order chi connectivity index (χ0) is 18.4. The van der Waals surface area contributed by atoms with E-state index in [-0.39, 0.29) is 36.2 Å². The summed E-state index contributed by atoms with van der Waals surface area (Å²) in [4.78, 5) is 42.3. The number of hydrogen-bond donors (Lipinski definition) is 1. The van der Waals surface area contributed by atoms with Gasteiger partial charge in [-0.25, -0.2) is 0 Å². The zero-order valence-corrected chi connectivity index (χ0v) is 17.2. The normalized spacial score (nSPS) is 23.8. The molecule has 10 heteroatoms. The molecule has 0 aromatic heterocycles. The highest BCUT2D eigenvalue weighted by atomic mass is 35.5. The van der Waals surface area contributed by atoms with Crippen molar-refractivity contribution in [2.24, 2.45) is 0 Å². The van der Waals surface area contributed by atoms with E-state index in [0.29, 0.717) is 57.4 Å². The van der Waals surface area contributed by atoms with Gasteiger partial charge in [0, 0.05) is 45.3 Å². The van der Waals surface area contributed by atoms with Gasteiger partial charge in [-0.2, -0.15) is 0 Å². The molecule has 8 nitrogen and oxygen atoms in total. The first-order chi connectivity index (χ1) is 12.6. The van der Waals surface area contributed by atoms with E-state index in [2.05, 4.69) is 5.32 Å². The van der Waals surface area contributed by atoms with Gasteiger partial charge < -0.3 is 24.8 Å². The molecule has 1 atom stereocenters. The van der Waals surface area contributed by atoms with Crippen LogP contribution in [0.3, 0.4) is 0 Å². The summed E-state index contributed by atoms with van der Waals surface area (Å²) in [6, 6.07) is 0.127. The Morgan fingerprint density at radius 3 is 2.48 bits per heavy atom. The average Bonchev–Trinajstić information content (AvgIpc) is 2.69. The Kier molecular flexibility index (Phi) is 9.14. The summed E-state index contributed by atoms with van der Waals surface area (Å²) in [7, 11) is 0. The van der Waals surface area contributed by atoms with Gasteiger partial charge in [-0.3, -0.25) is 14.4 Å². The molecule has 1 unspecified atom stereocenters. The van der Waals surface area contributed by atoms with Gasteiger partial charge in [-0.05, 0) is 12.8 Å². The van der Waals surface area contributed by atoms with Gasteiger partial charge in [0.05, 0.1) is 31.3 Å². The van der Waals surface area contributed by atoms with Crippen LogP contribution < -0.4 is 5.32 Å². The van der Waals surface area contributed by atoms with Crippen LogP contribution in [-0.4, -0.2) is 109 Å². The van der Waals surface area contributed by atoms with E-state index in [1.165, 1.54) is 11.8 Å². The van der Waals surface area contributed by atoms with Crippen molar-refractivity contribution in [2.45, 2.75) is 18.9 Å². The van der Waals surface area contributed by atoms with E-state index in [0.717, 1.165) is 25.9 Å². The van der Waals surface area contributed by atoms with Crippen molar-refractivity contribution in [1.82, 2.24) is 20.0 Å². The minimum absolute atomic E-state index is 0. The Bertz CT molecular complexity index is 533. The van der Waals surface area contributed by atoms with Crippen molar-refractivity contribution in [2.75, 3.05) is 70.5 Å². The van der Waals surface area contributed by atoms with Crippen LogP contribution in [0.4, 0.5) is 0 Å². The number of piperidine rings is 1. The lowest BCUT2D eigenvalue weighted by Crippen LogP contribution is -2.57. The van der Waals surface area contributed by atoms with Crippen LogP contribution >= 0.6 is 24.2 Å². The Labute approximate surface area is 170 Å². The smallest absolute Gasteiger partial charge is 0.236 e. The fourth-order valence-corrected chi connectivity index (χ4v) is 4.48. The largest absolute Gasteiger partial charge is 0.378 e. The Balaban J connectivity index is 0.00000261. The molecule has 3 aliphatic heterocycles. The topological polar surface area (TPSA) is 82.2 Å². The molecule has 3 aliphatic rings. The number of carbonyl (C=O) groups is 3. The summed E-state index contributed by atoms with van der Waals surface area (Å²) >= 11 is 1.38. The zero-order valence-electron chi connectivity index (χ0n) is 15.6. The van der Waals surface area contributed by atoms with Crippen LogP contribution in [0, 0.1) is 0 Å². The highest BCUT2D eigenvalue weighted by Crippen LogP contribution is 2.18. The number of nitrogens with zero attached hydrogens (tertiary/aromatic N) is 3. The molecule has 0 aromatic rings. The lowest BCUT2D eigenvalue weighted by atomic mass is 10.0. The van der Waals surface area contributed by atoms with Gasteiger partial charge in [-0.1, -0.05) is 0 Å². The molecule has 3 rings (SSSR count). The molecule has 0 bridgehead atoms. The number of nitrogens with one attached hydrogen (secondary N) is 1. The molecule has 0 aliphatic carbocycles. The average molecular weight is 421 g/mol. The van der Waals surface area contributed by atoms with Crippen LogP contribution in [0.25, 0.3) is 0 Å². The predicted octanol–water partition coefficient (Wildman–Crippen LogP) is -0.577. The lowest BCUT2D eigenvalue weighted by molar-refractivity contribution is -0.139. The predicted molar refractivity (Wildman–Crippen MR) is 106 cm³/mol. The first-order valence-corrected chi connectivity index (χ1v) is 10.5. The van der Waals surface area contributed by atoms with Crippen molar-refractivity contribution >= 4 is 41.9 Å². The van der Waals surface area contributed by atoms with Crippen molar-refractivity contribution in [3.8, 4) is 0 Å². The number of hydrogen-bond acceptors (Lipinski definition) is 6. The quantitative estimate of drug-likeness (QED) is 0.641. The van der Waals surface area contributed by atoms with Crippen molar-refractivity contribution in [3.63, 3.8) is 0 Å². The van der Waals surface area contributed by atoms with Crippen molar-refractivity contribution < 1.29 is 19.1 Å². The molecule has 3 heterocycles. The van der Waals surface area contributed by atoms with E-state index < -0.39 is 0 Å². The molecule has 0 aromatic carbocycles. The fraction of sp³-hybridized carbons (Fsp3) is 0.824. The third kappa shape index (κ3) is 6.23. The number of thioether (sulfide) groups is 1. The maximum absolute atomic E-state index is 12.5. The number of carbonyl (C=O) groups excluding carboxylic acids is 3. The highest BCUT2D eigenvalue weighted by Gasteiger charge is 2.31. The summed E-state index contributed by atoms with van der Waals surface area (Å²) in [5.41, 5.74) is 0. The summed E-state index contributed by atoms with van der Waals surface area (Å²) in [5, 5.41) is 3.08. The minimum atomic E-state index is 0. The van der Waals surface area contributed by atoms with Crippen LogP contribution in [0.1, 0.15) is 12.8 Å². The number of ether oxygens (including phenoxy) is 1. The first-order valence-electron chi connectivity index (χ1n) is 9.36. The fourth-order valence-electron chi connectivity index (χ4n) is 3.66. The molecule has 0 radical (unpaired) electrons. The second-order valence-corrected chi connectivity index (χ2v) is 7.87. The maximum atomic E-state index is 12.5. The summed E-state index contributed by atoms with van der Waals surface area (Å²) in [5.74, 6) is 0.921. The van der Waals surface area contributed by atoms with Gasteiger partial charge in [-0.15, -0.1) is 24.2 Å². The highest BCUT2D eigenvalue weighted by molar-refractivity contribution is 8.00. The van der Waals surface area contributed by atoms with Crippen LogP contribution in [0.2, 0.25) is 0 Å². The number of likely N-dealkylation sites (tertiary alicyclic amines) is 1. The number of piperazine rings is 1. The number of rotatable bonds is 5. The molecule has 154 valence electrons. The Morgan fingerprint density at radius 1 is 1.07 bits per heavy atom. The van der Waals surface area contributed by atoms with Gasteiger partial charge in [0.1, 0.15) is 0 Å². The Morgan fingerprint density at radius 2 is 1.78 bits per heavy atom. The molecular weight excluding hydrogens is 392 g/mol. The molecule has 1 N–H and O–H groups in total. The third-order valence-electron chi connectivity index (χ3n) is 5.13. The summed E-state index contributed by atoms with van der Waals surface area (Å²) < 4.78 is 5.25. The second kappa shape index (κ2) is 11.1. The number of amides is 3. The van der Waals surface area contributed by atoms with Crippen LogP contribution in [0.15, 0.2) is 0 Å². The lowest BCUT2D eigenvalue weighted by Gasteiger charge is -2.41. The van der Waals surface area contributed by atoms with E-state index in [4.69, 9.17) is 4.74 Å². The second-order valence-electron chi connectivity index (χ2n) is 6.89. The van der Waals surface area contributed by atoms with Gasteiger partial charge >= 0.3 is 0 Å². The van der Waals surface area contributed by atoms with Gasteiger partial charge in [0.25, 0.3) is 0 Å². The summed E-state index contributed by atoms with van der Waals surface area (Å²) in [6.45, 7) is 5.74. The Hall–Kier alpha value is -1.03. The molecule has 3 saturated heterocycles. The molecule has 3 fully saturated rings. The third-order valence-corrected chi connectivity index (χ3v) is 6.03. The monoisotopic (exact) mass is 420 g/mol. The van der Waals surface area contributed by atoms with E-state index in [9.17, 15) is 14.4 Å². The summed E-state index contributed by atoms with van der Waals surface area (Å²) in [6.07, 6.45) is 1.88. The van der Waals surface area contributed by atoms with Crippen molar-refractivity contribution in [3.05, 3.63) is 0 Å². The first kappa shape index (κ1) is 22.3. The van der Waals surface area contributed by atoms with Crippen LogP contribution in [-0.2, 0) is 19.1 Å². The van der Waals surface area contributed by atoms with E-state index in [1.54, 1.807) is 4.90 Å². The van der Waals surface area contributed by atoms with Crippen molar-refractivity contribution in [1.29, 1.82) is 0 Å². The molecular formula is C17H29ClN4O4S. The van der Waals surface area contributed by atoms with Crippen LogP contribution in [0.5, 0.6) is 0 Å². The standard InChI is InChI=1S/C17H28N4O4S.ClH/c22-15-10-18-3-5-21(15)14-2-1-4-20(11-14)17(24)13-26-12-16(23)19-6-8-25-9-7-19;/h14,18H,1-13H2;1H. The minimum Gasteiger partial charge on any atom is -0.378 e. The number of morpholine rings is 1. The van der Waals surface area contributed by atoms with Gasteiger partial charge in [0.15, 0.2) is 0 Å². The van der Waals surface area contributed by atoms with E-state index in [1.807, 2.05) is 9.80 Å². The molecule has 0 spiro atoms. The number of halogens is 1.